The van der Waals surface area contributed by atoms with Gasteiger partial charge in [0.1, 0.15) is 5.82 Å². The maximum absolute atomic E-state index is 12.7. The maximum Gasteiger partial charge on any atom is 0.255 e. The van der Waals surface area contributed by atoms with Gasteiger partial charge in [-0.25, -0.2) is 4.98 Å². The van der Waals surface area contributed by atoms with Crippen LogP contribution in [-0.4, -0.2) is 43.4 Å². The second-order valence-corrected chi connectivity index (χ2v) is 6.61. The predicted octanol–water partition coefficient (Wildman–Crippen LogP) is 2.74. The molecule has 6 nitrogen and oxygen atoms in total. The molecule has 1 aliphatic rings. The van der Waals surface area contributed by atoms with Crippen LogP contribution in [0.2, 0.25) is 0 Å². The first-order valence-corrected chi connectivity index (χ1v) is 8.90. The summed E-state index contributed by atoms with van der Waals surface area (Å²) in [6.07, 6.45) is 12.8. The van der Waals surface area contributed by atoms with Crippen molar-refractivity contribution in [1.82, 2.24) is 24.4 Å². The lowest BCUT2D eigenvalue weighted by molar-refractivity contribution is 0.0703. The van der Waals surface area contributed by atoms with Gasteiger partial charge in [0.05, 0.1) is 12.1 Å². The summed E-state index contributed by atoms with van der Waals surface area (Å²) >= 11 is 0. The quantitative estimate of drug-likeness (QED) is 0.728. The summed E-state index contributed by atoms with van der Waals surface area (Å²) in [6, 6.07) is 7.63. The molecule has 0 spiro atoms. The van der Waals surface area contributed by atoms with Gasteiger partial charge in [-0.15, -0.1) is 0 Å². The highest BCUT2D eigenvalue weighted by Gasteiger charge is 2.28. The van der Waals surface area contributed by atoms with Crippen molar-refractivity contribution in [3.63, 3.8) is 0 Å². The monoisotopic (exact) mass is 347 g/mol. The molecule has 3 aromatic rings. The van der Waals surface area contributed by atoms with E-state index in [1.165, 1.54) is 0 Å². The molecule has 1 saturated heterocycles. The van der Waals surface area contributed by atoms with Crippen LogP contribution in [0.25, 0.3) is 0 Å². The number of carbonyl (C=O) groups is 1. The van der Waals surface area contributed by atoms with Gasteiger partial charge in [-0.3, -0.25) is 14.8 Å². The Morgan fingerprint density at radius 3 is 2.73 bits per heavy atom. The Morgan fingerprint density at radius 1 is 1.12 bits per heavy atom. The summed E-state index contributed by atoms with van der Waals surface area (Å²) < 4.78 is 2.17. The molecule has 0 radical (unpaired) electrons. The number of nitrogens with zero attached hydrogens (tertiary/aromatic N) is 5. The van der Waals surface area contributed by atoms with E-state index in [0.717, 1.165) is 37.3 Å². The first-order chi connectivity index (χ1) is 12.8. The summed E-state index contributed by atoms with van der Waals surface area (Å²) in [7, 11) is 0. The number of rotatable bonds is 4. The molecule has 1 aliphatic heterocycles. The minimum absolute atomic E-state index is 0.0492. The molecule has 0 saturated carbocycles. The average Bonchev–Trinajstić information content (AvgIpc) is 3.17. The molecule has 1 amide bonds. The van der Waals surface area contributed by atoms with Crippen LogP contribution >= 0.6 is 0 Å². The fourth-order valence-electron chi connectivity index (χ4n) is 3.55. The Morgan fingerprint density at radius 2 is 1.96 bits per heavy atom. The minimum atomic E-state index is 0.0492. The van der Waals surface area contributed by atoms with Gasteiger partial charge < -0.3 is 9.47 Å². The SMILES string of the molecule is O=C(c1cccnc1)N1CCCC(c2nccn2Cc2cccnc2)C1. The molecule has 4 heterocycles. The topological polar surface area (TPSA) is 63.9 Å². The standard InChI is InChI=1S/C20H21N5O/c26-20(17-5-2-8-22-13-17)25-10-3-6-18(15-25)19-23-9-11-24(19)14-16-4-1-7-21-12-16/h1-2,4-5,7-9,11-13,18H,3,6,10,14-15H2. The first-order valence-electron chi connectivity index (χ1n) is 8.90. The highest BCUT2D eigenvalue weighted by molar-refractivity contribution is 5.93. The van der Waals surface area contributed by atoms with Gasteiger partial charge in [0.15, 0.2) is 0 Å². The van der Waals surface area contributed by atoms with Crippen molar-refractivity contribution >= 4 is 5.91 Å². The van der Waals surface area contributed by atoms with Gasteiger partial charge >= 0.3 is 0 Å². The molecule has 6 heteroatoms. The van der Waals surface area contributed by atoms with E-state index >= 15 is 0 Å². The molecule has 1 fully saturated rings. The molecular formula is C20H21N5O. The van der Waals surface area contributed by atoms with Crippen molar-refractivity contribution in [2.24, 2.45) is 0 Å². The molecule has 1 unspecified atom stereocenters. The average molecular weight is 347 g/mol. The summed E-state index contributed by atoms with van der Waals surface area (Å²) in [5.41, 5.74) is 1.79. The molecule has 4 rings (SSSR count). The molecule has 0 bridgehead atoms. The lowest BCUT2D eigenvalue weighted by Gasteiger charge is -2.32. The molecule has 132 valence electrons. The predicted molar refractivity (Wildman–Crippen MR) is 97.7 cm³/mol. The lowest BCUT2D eigenvalue weighted by atomic mass is 9.96. The van der Waals surface area contributed by atoms with Gasteiger partial charge in [0, 0.05) is 56.2 Å². The van der Waals surface area contributed by atoms with E-state index in [1.807, 2.05) is 35.6 Å². The van der Waals surface area contributed by atoms with E-state index in [9.17, 15) is 4.79 Å². The van der Waals surface area contributed by atoms with Gasteiger partial charge in [0.25, 0.3) is 5.91 Å². The van der Waals surface area contributed by atoms with Gasteiger partial charge in [-0.05, 0) is 36.6 Å². The number of hydrogen-bond donors (Lipinski definition) is 0. The molecule has 0 N–H and O–H groups in total. The zero-order chi connectivity index (χ0) is 17.8. The summed E-state index contributed by atoms with van der Waals surface area (Å²) in [6.45, 7) is 2.22. The molecule has 0 aliphatic carbocycles. The fourth-order valence-corrected chi connectivity index (χ4v) is 3.55. The fraction of sp³-hybridized carbons (Fsp3) is 0.300. The number of piperidine rings is 1. The van der Waals surface area contributed by atoms with E-state index in [0.29, 0.717) is 12.1 Å². The minimum Gasteiger partial charge on any atom is -0.338 e. The summed E-state index contributed by atoms with van der Waals surface area (Å²) in [5.74, 6) is 1.33. The first kappa shape index (κ1) is 16.4. The Hall–Kier alpha value is -3.02. The second-order valence-electron chi connectivity index (χ2n) is 6.61. The highest BCUT2D eigenvalue weighted by Crippen LogP contribution is 2.27. The number of imidazole rings is 1. The number of aromatic nitrogens is 4. The van der Waals surface area contributed by atoms with E-state index < -0.39 is 0 Å². The Balaban J connectivity index is 1.50. The third kappa shape index (κ3) is 3.49. The van der Waals surface area contributed by atoms with E-state index in [1.54, 1.807) is 24.7 Å². The Bertz CT molecular complexity index is 862. The highest BCUT2D eigenvalue weighted by atomic mass is 16.2. The number of hydrogen-bond acceptors (Lipinski definition) is 4. The number of carbonyl (C=O) groups excluding carboxylic acids is 1. The zero-order valence-corrected chi connectivity index (χ0v) is 14.5. The van der Waals surface area contributed by atoms with E-state index in [2.05, 4.69) is 25.6 Å². The molecule has 3 aromatic heterocycles. The maximum atomic E-state index is 12.7. The molecule has 26 heavy (non-hydrogen) atoms. The Kier molecular flexibility index (Phi) is 4.73. The van der Waals surface area contributed by atoms with Crippen molar-refractivity contribution < 1.29 is 4.79 Å². The van der Waals surface area contributed by atoms with Crippen LogP contribution in [0.1, 0.15) is 40.5 Å². The van der Waals surface area contributed by atoms with Crippen molar-refractivity contribution in [2.75, 3.05) is 13.1 Å². The van der Waals surface area contributed by atoms with Crippen molar-refractivity contribution in [1.29, 1.82) is 0 Å². The van der Waals surface area contributed by atoms with Crippen molar-refractivity contribution in [3.05, 3.63) is 78.4 Å². The van der Waals surface area contributed by atoms with Crippen molar-refractivity contribution in [2.45, 2.75) is 25.3 Å². The molecular weight excluding hydrogens is 326 g/mol. The summed E-state index contributed by atoms with van der Waals surface area (Å²) in [4.78, 5) is 27.5. The number of amides is 1. The molecule has 1 atom stereocenters. The number of pyridine rings is 2. The normalized spacial score (nSPS) is 17.2. The van der Waals surface area contributed by atoms with Crippen LogP contribution in [0.3, 0.4) is 0 Å². The van der Waals surface area contributed by atoms with Crippen LogP contribution < -0.4 is 0 Å². The number of likely N-dealkylation sites (tertiary alicyclic amines) is 1. The van der Waals surface area contributed by atoms with Crippen LogP contribution in [0.15, 0.2) is 61.4 Å². The summed E-state index contributed by atoms with van der Waals surface area (Å²) in [5, 5.41) is 0. The van der Waals surface area contributed by atoms with E-state index in [4.69, 9.17) is 0 Å². The smallest absolute Gasteiger partial charge is 0.255 e. The molecule has 0 aromatic carbocycles. The zero-order valence-electron chi connectivity index (χ0n) is 14.5. The van der Waals surface area contributed by atoms with Crippen LogP contribution in [-0.2, 0) is 6.54 Å². The second kappa shape index (κ2) is 7.47. The lowest BCUT2D eigenvalue weighted by Crippen LogP contribution is -2.39. The third-order valence-corrected chi connectivity index (χ3v) is 4.81. The van der Waals surface area contributed by atoms with Crippen LogP contribution in [0, 0.1) is 0 Å². The van der Waals surface area contributed by atoms with Gasteiger partial charge in [0.2, 0.25) is 0 Å². The third-order valence-electron chi connectivity index (χ3n) is 4.81. The van der Waals surface area contributed by atoms with Crippen LogP contribution in [0.5, 0.6) is 0 Å². The van der Waals surface area contributed by atoms with Gasteiger partial charge in [-0.2, -0.15) is 0 Å². The van der Waals surface area contributed by atoms with E-state index in [-0.39, 0.29) is 11.8 Å². The van der Waals surface area contributed by atoms with Gasteiger partial charge in [-0.1, -0.05) is 6.07 Å². The largest absolute Gasteiger partial charge is 0.338 e. The Labute approximate surface area is 152 Å². The van der Waals surface area contributed by atoms with Crippen LogP contribution in [0.4, 0.5) is 0 Å². The van der Waals surface area contributed by atoms with Crippen molar-refractivity contribution in [3.8, 4) is 0 Å².